The zero-order chi connectivity index (χ0) is 18.4. The first-order valence-corrected chi connectivity index (χ1v) is 12.6. The summed E-state index contributed by atoms with van der Waals surface area (Å²) in [5.41, 5.74) is 0. The number of nitrogens with one attached hydrogen (secondary N) is 1. The van der Waals surface area contributed by atoms with E-state index in [0.717, 1.165) is 12.8 Å². The van der Waals surface area contributed by atoms with Crippen molar-refractivity contribution in [3.63, 3.8) is 0 Å². The van der Waals surface area contributed by atoms with E-state index in [4.69, 9.17) is 0 Å². The zero-order valence-corrected chi connectivity index (χ0v) is 18.4. The summed E-state index contributed by atoms with van der Waals surface area (Å²) < 4.78 is 22.8. The van der Waals surface area contributed by atoms with E-state index in [0.29, 0.717) is 19.6 Å². The first-order valence-electron chi connectivity index (χ1n) is 10.8. The molecule has 1 aliphatic heterocycles. The Morgan fingerprint density at radius 2 is 1.23 bits per heavy atom. The van der Waals surface area contributed by atoms with Gasteiger partial charge in [-0.3, -0.25) is 0 Å². The van der Waals surface area contributed by atoms with Gasteiger partial charge in [0.2, 0.25) is 0 Å². The van der Waals surface area contributed by atoms with E-state index >= 15 is 0 Å². The van der Waals surface area contributed by atoms with Gasteiger partial charge in [-0.15, -0.1) is 0 Å². The van der Waals surface area contributed by atoms with E-state index in [1.807, 2.05) is 0 Å². The van der Waals surface area contributed by atoms with Gasteiger partial charge in [0.1, 0.15) is 12.6 Å². The van der Waals surface area contributed by atoms with Crippen LogP contribution in [0.2, 0.25) is 0 Å². The molecule has 1 saturated heterocycles. The van der Waals surface area contributed by atoms with Crippen LogP contribution in [0, 0.1) is 0 Å². The van der Waals surface area contributed by atoms with Crippen molar-refractivity contribution in [3.8, 4) is 0 Å². The van der Waals surface area contributed by atoms with E-state index in [9.17, 15) is 13.5 Å². The highest BCUT2D eigenvalue weighted by atomic mass is 35.5. The monoisotopic (exact) mass is 411 g/mol. The van der Waals surface area contributed by atoms with Crippen LogP contribution in [-0.4, -0.2) is 50.8 Å². The van der Waals surface area contributed by atoms with Crippen molar-refractivity contribution < 1.29 is 30.8 Å². The molecule has 1 rings (SSSR count). The number of aliphatic hydroxyl groups is 1. The molecule has 4 nitrogen and oxygen atoms in total. The molecular weight excluding hydrogens is 370 g/mol. The second-order valence-electron chi connectivity index (χ2n) is 7.94. The molecule has 0 spiro atoms. The molecule has 158 valence electrons. The summed E-state index contributed by atoms with van der Waals surface area (Å²) in [5, 5.41) is 10.1. The zero-order valence-electron chi connectivity index (χ0n) is 16.9. The Bertz CT molecular complexity index is 403. The lowest BCUT2D eigenvalue weighted by Crippen LogP contribution is -3.15. The van der Waals surface area contributed by atoms with Gasteiger partial charge in [-0.2, -0.15) is 0 Å². The Labute approximate surface area is 168 Å². The lowest BCUT2D eigenvalue weighted by molar-refractivity contribution is -0.899. The van der Waals surface area contributed by atoms with E-state index in [1.54, 1.807) is 0 Å². The molecule has 1 atom stereocenters. The third kappa shape index (κ3) is 14.2. The smallest absolute Gasteiger partial charge is 0.161 e. The van der Waals surface area contributed by atoms with Crippen molar-refractivity contribution in [3.05, 3.63) is 0 Å². The highest BCUT2D eigenvalue weighted by Crippen LogP contribution is 2.12. The number of aliphatic hydroxyl groups excluding tert-OH is 1. The average molecular weight is 412 g/mol. The van der Waals surface area contributed by atoms with E-state index in [-0.39, 0.29) is 30.0 Å². The molecule has 0 aromatic rings. The number of hydrogen-bond acceptors (Lipinski definition) is 3. The lowest BCUT2D eigenvalue weighted by atomic mass is 10.0. The molecule has 0 saturated carbocycles. The quantitative estimate of drug-likeness (QED) is 0.365. The van der Waals surface area contributed by atoms with Crippen molar-refractivity contribution in [2.75, 3.05) is 31.1 Å². The summed E-state index contributed by atoms with van der Waals surface area (Å²) in [4.78, 5) is 1.25. The van der Waals surface area contributed by atoms with Crippen molar-refractivity contribution in [1.82, 2.24) is 0 Å². The number of hydrogen-bond donors (Lipinski definition) is 2. The van der Waals surface area contributed by atoms with Crippen molar-refractivity contribution in [2.45, 2.75) is 96.5 Å². The van der Waals surface area contributed by atoms with E-state index in [2.05, 4.69) is 6.92 Å². The lowest BCUT2D eigenvalue weighted by Gasteiger charge is -2.25. The van der Waals surface area contributed by atoms with Crippen LogP contribution in [0.5, 0.6) is 0 Å². The summed E-state index contributed by atoms with van der Waals surface area (Å²) in [5.74, 6) is 0.571. The number of halogens is 1. The van der Waals surface area contributed by atoms with Gasteiger partial charge in [0.05, 0.1) is 24.6 Å². The van der Waals surface area contributed by atoms with Crippen LogP contribution in [0.15, 0.2) is 0 Å². The second kappa shape index (κ2) is 16.1. The van der Waals surface area contributed by atoms with Crippen LogP contribution in [0.25, 0.3) is 0 Å². The van der Waals surface area contributed by atoms with Crippen LogP contribution >= 0.6 is 0 Å². The minimum Gasteiger partial charge on any atom is -1.00 e. The third-order valence-electron chi connectivity index (χ3n) is 5.45. The maximum absolute atomic E-state index is 11.4. The Kier molecular flexibility index (Phi) is 16.2. The van der Waals surface area contributed by atoms with Gasteiger partial charge in [0.25, 0.3) is 0 Å². The second-order valence-corrected chi connectivity index (χ2v) is 10.2. The topological polar surface area (TPSA) is 58.8 Å². The molecule has 0 aromatic heterocycles. The summed E-state index contributed by atoms with van der Waals surface area (Å²) in [6.07, 6.45) is 16.7. The molecule has 1 fully saturated rings. The largest absolute Gasteiger partial charge is 1.00 e. The van der Waals surface area contributed by atoms with Crippen LogP contribution in [0.3, 0.4) is 0 Å². The predicted octanol–water partition coefficient (Wildman–Crippen LogP) is -0.244. The molecule has 1 unspecified atom stereocenters. The Balaban J connectivity index is 0.00000625. The van der Waals surface area contributed by atoms with Gasteiger partial charge in [-0.1, -0.05) is 84.0 Å². The minimum absolute atomic E-state index is 0. The normalized spacial score (nSPS) is 18.4. The highest BCUT2D eigenvalue weighted by molar-refractivity contribution is 7.91. The van der Waals surface area contributed by atoms with Gasteiger partial charge >= 0.3 is 0 Å². The summed E-state index contributed by atoms with van der Waals surface area (Å²) >= 11 is 0. The van der Waals surface area contributed by atoms with Gasteiger partial charge in [-0.05, 0) is 6.42 Å². The maximum atomic E-state index is 11.4. The third-order valence-corrected chi connectivity index (χ3v) is 7.10. The van der Waals surface area contributed by atoms with E-state index in [1.165, 1.54) is 75.5 Å². The molecule has 0 aliphatic carbocycles. The first-order chi connectivity index (χ1) is 12.0. The van der Waals surface area contributed by atoms with Crippen LogP contribution < -0.4 is 17.3 Å². The molecule has 0 radical (unpaired) electrons. The molecule has 26 heavy (non-hydrogen) atoms. The van der Waals surface area contributed by atoms with Crippen molar-refractivity contribution in [1.29, 1.82) is 0 Å². The maximum Gasteiger partial charge on any atom is 0.161 e. The average Bonchev–Trinajstić information content (AvgIpc) is 2.58. The number of quaternary nitrogens is 1. The van der Waals surface area contributed by atoms with E-state index < -0.39 is 9.84 Å². The molecule has 0 bridgehead atoms. The number of rotatable bonds is 15. The van der Waals surface area contributed by atoms with Crippen LogP contribution in [-0.2, 0) is 9.84 Å². The van der Waals surface area contributed by atoms with Gasteiger partial charge in [0.15, 0.2) is 9.84 Å². The summed E-state index contributed by atoms with van der Waals surface area (Å²) in [7, 11) is -2.79. The Hall–Kier alpha value is 0.160. The van der Waals surface area contributed by atoms with Crippen molar-refractivity contribution in [2.24, 2.45) is 0 Å². The SMILES string of the molecule is CCCCCCCCCCCCCCC(O)C[NH+]1CCS(=O)(=O)CC1.[Cl-]. The first kappa shape index (κ1) is 26.2. The highest BCUT2D eigenvalue weighted by Gasteiger charge is 2.25. The number of sulfone groups is 1. The Morgan fingerprint density at radius 3 is 1.69 bits per heavy atom. The molecule has 1 heterocycles. The summed E-state index contributed by atoms with van der Waals surface area (Å²) in [6, 6.07) is 0. The molecule has 2 N–H and O–H groups in total. The Morgan fingerprint density at radius 1 is 0.808 bits per heavy atom. The molecule has 6 heteroatoms. The predicted molar refractivity (Wildman–Crippen MR) is 106 cm³/mol. The molecule has 1 aliphatic rings. The minimum atomic E-state index is -2.79. The summed E-state index contributed by atoms with van der Waals surface area (Å²) in [6.45, 7) is 4.31. The standard InChI is InChI=1S/C20H41NO3S.ClH/c1-2-3-4-5-6-7-8-9-10-11-12-13-14-20(22)19-21-15-17-25(23,24)18-16-21;/h20,22H,2-19H2,1H3;1H. The molecule has 0 aromatic carbocycles. The van der Waals surface area contributed by atoms with Crippen LogP contribution in [0.1, 0.15) is 90.4 Å². The molecule has 0 amide bonds. The van der Waals surface area contributed by atoms with Gasteiger partial charge in [-0.25, -0.2) is 8.42 Å². The fourth-order valence-corrected chi connectivity index (χ4v) is 5.09. The van der Waals surface area contributed by atoms with Gasteiger partial charge < -0.3 is 22.4 Å². The number of unbranched alkanes of at least 4 members (excludes halogenated alkanes) is 11. The van der Waals surface area contributed by atoms with Crippen molar-refractivity contribution >= 4 is 9.84 Å². The van der Waals surface area contributed by atoms with Gasteiger partial charge in [0, 0.05) is 0 Å². The fourth-order valence-electron chi connectivity index (χ4n) is 3.69. The van der Waals surface area contributed by atoms with Crippen LogP contribution in [0.4, 0.5) is 0 Å². The fraction of sp³-hybridized carbons (Fsp3) is 1.00. The molecular formula is C20H42ClNO3S.